The van der Waals surface area contributed by atoms with Gasteiger partial charge in [-0.05, 0) is 30.0 Å². The fourth-order valence-corrected chi connectivity index (χ4v) is 2.78. The topological polar surface area (TPSA) is 77.5 Å². The summed E-state index contributed by atoms with van der Waals surface area (Å²) in [5, 5.41) is 4.03. The summed E-state index contributed by atoms with van der Waals surface area (Å²) in [5.74, 6) is 0.910. The van der Waals surface area contributed by atoms with Gasteiger partial charge in [-0.3, -0.25) is 9.59 Å². The van der Waals surface area contributed by atoms with Crippen molar-refractivity contribution < 1.29 is 19.1 Å². The minimum Gasteiger partial charge on any atom is -0.496 e. The van der Waals surface area contributed by atoms with E-state index in [1.807, 2.05) is 0 Å². The number of hydrogen-bond acceptors (Lipinski definition) is 5. The van der Waals surface area contributed by atoms with Crippen molar-refractivity contribution in [3.05, 3.63) is 30.0 Å². The van der Waals surface area contributed by atoms with Gasteiger partial charge in [-0.25, -0.2) is 4.98 Å². The fraction of sp³-hybridized carbons (Fsp3) is 0.353. The number of hydrogen-bond donors (Lipinski definition) is 2. The Morgan fingerprint density at radius 1 is 1.41 bits per heavy atom. The highest BCUT2D eigenvalue weighted by molar-refractivity contribution is 14.3. The molecule has 0 unspecified atom stereocenters. The molecule has 6 nitrogen and oxygen atoms in total. The van der Waals surface area contributed by atoms with Crippen molar-refractivity contribution in [3.8, 4) is 11.6 Å². The van der Waals surface area contributed by atoms with Crippen molar-refractivity contribution in [3.63, 3.8) is 0 Å². The predicted octanol–water partition coefficient (Wildman–Crippen LogP) is 4.55. The number of carbonyl (C=O) groups is 2. The summed E-state index contributed by atoms with van der Waals surface area (Å²) < 4.78 is 11.8. The van der Waals surface area contributed by atoms with Crippen molar-refractivity contribution in [2.24, 2.45) is 0 Å². The number of rotatable bonds is 5. The van der Waals surface area contributed by atoms with Crippen molar-refractivity contribution in [1.82, 2.24) is 10.3 Å². The molecule has 1 N–H and O–H groups in total. The fourth-order valence-electron chi connectivity index (χ4n) is 2.61. The monoisotopic (exact) mass is 726 g/mol. The maximum Gasteiger partial charge on any atom is 0.221 e. The summed E-state index contributed by atoms with van der Waals surface area (Å²) >= 11 is 10.8. The number of carbonyl (C=O) groups excluding carboxylic acids is 2. The molecule has 0 aliphatic carbocycles. The van der Waals surface area contributed by atoms with Crippen LogP contribution in [0.15, 0.2) is 24.4 Å². The molecule has 146 valence electrons. The molecule has 0 spiro atoms. The number of nitrogens with zero attached hydrogens (tertiary/aromatic N) is 1. The molecule has 0 radical (unpaired) electrons. The largest absolute Gasteiger partial charge is 0.496 e. The first-order valence-electron chi connectivity index (χ1n) is 7.86. The molecule has 1 aliphatic rings. The van der Waals surface area contributed by atoms with Gasteiger partial charge in [0.2, 0.25) is 16.9 Å². The first-order valence-corrected chi connectivity index (χ1v) is 12.0. The molecule has 1 atom stereocenters. The second kappa shape index (κ2) is 11.2. The molecular weight excluding hydrogens is 709 g/mol. The molecular formula is C17H17I3N2O4S. The molecule has 1 fully saturated rings. The molecule has 2 heterocycles. The minimum atomic E-state index is -0.364. The number of thiol groups is 1. The third-order valence-electron chi connectivity index (χ3n) is 3.78. The van der Waals surface area contributed by atoms with Crippen LogP contribution in [-0.2, 0) is 4.79 Å². The van der Waals surface area contributed by atoms with E-state index in [0.717, 1.165) is 17.1 Å². The van der Waals surface area contributed by atoms with Crippen LogP contribution in [0.25, 0.3) is 10.8 Å². The van der Waals surface area contributed by atoms with Crippen LogP contribution in [-0.4, -0.2) is 35.7 Å². The highest BCUT2D eigenvalue weighted by Crippen LogP contribution is 2.31. The standard InChI is InChI=1S/C16H16N2O4S.CHI3/c1-21-13-7-11-9(6-12(13)16(20)23)4-5-17-15(11)22-8-10-2-3-14(19)18-10;2-1(3)4/h4-7,10H,2-3,8H2,1H3,(H,18,19)(H,20,23);1H/t10-;/m0./s1. The average Bonchev–Trinajstić information content (AvgIpc) is 3.03. The quantitative estimate of drug-likeness (QED) is 0.269. The van der Waals surface area contributed by atoms with E-state index in [2.05, 4.69) is 90.7 Å². The Kier molecular flexibility index (Phi) is 9.61. The van der Waals surface area contributed by atoms with Crippen LogP contribution < -0.4 is 14.8 Å². The SMILES string of the molecule is COc1cc2c(OC[C@@H]3CCC(=O)N3)nccc2cc1C(=O)S.IC(I)I. The van der Waals surface area contributed by atoms with Crippen LogP contribution in [0.2, 0.25) is 0 Å². The zero-order valence-electron chi connectivity index (χ0n) is 14.2. The lowest BCUT2D eigenvalue weighted by Gasteiger charge is -2.14. The minimum absolute atomic E-state index is 0.000237. The van der Waals surface area contributed by atoms with Gasteiger partial charge >= 0.3 is 0 Å². The zero-order valence-corrected chi connectivity index (χ0v) is 21.6. The number of alkyl halides is 3. The molecule has 1 aromatic heterocycles. The Labute approximate surface area is 203 Å². The van der Waals surface area contributed by atoms with Gasteiger partial charge < -0.3 is 14.8 Å². The number of benzene rings is 1. The molecule has 10 heteroatoms. The highest BCUT2D eigenvalue weighted by Gasteiger charge is 2.22. The summed E-state index contributed by atoms with van der Waals surface area (Å²) in [5.41, 5.74) is 0.392. The third-order valence-corrected chi connectivity index (χ3v) is 4.03. The van der Waals surface area contributed by atoms with Gasteiger partial charge in [0.05, 0.1) is 18.7 Å². The van der Waals surface area contributed by atoms with E-state index < -0.39 is 0 Å². The van der Waals surface area contributed by atoms with Crippen molar-refractivity contribution >= 4 is 102 Å². The second-order valence-electron chi connectivity index (χ2n) is 5.56. The number of amides is 1. The summed E-state index contributed by atoms with van der Waals surface area (Å²) in [6, 6.07) is 5.21. The Bertz CT molecular complexity index is 832. The van der Waals surface area contributed by atoms with Crippen LogP contribution in [0.3, 0.4) is 0 Å². The van der Waals surface area contributed by atoms with E-state index in [-0.39, 0.29) is 17.1 Å². The molecule has 1 saturated heterocycles. The molecule has 3 rings (SSSR count). The van der Waals surface area contributed by atoms with E-state index in [1.165, 1.54) is 7.11 Å². The Morgan fingerprint density at radius 2 is 2.11 bits per heavy atom. The second-order valence-corrected chi connectivity index (χ2v) is 16.8. The van der Waals surface area contributed by atoms with Crippen molar-refractivity contribution in [2.45, 2.75) is 18.8 Å². The van der Waals surface area contributed by atoms with Crippen LogP contribution in [0.5, 0.6) is 11.6 Å². The van der Waals surface area contributed by atoms with E-state index in [9.17, 15) is 9.59 Å². The van der Waals surface area contributed by atoms with Gasteiger partial charge in [-0.1, -0.05) is 67.8 Å². The molecule has 0 saturated carbocycles. The first-order chi connectivity index (χ1) is 12.8. The zero-order chi connectivity index (χ0) is 20.0. The number of pyridine rings is 1. The number of halogens is 3. The van der Waals surface area contributed by atoms with Crippen LogP contribution >= 0.6 is 80.4 Å². The average molecular weight is 726 g/mol. The Balaban J connectivity index is 0.000000596. The lowest BCUT2D eigenvalue weighted by atomic mass is 10.1. The Morgan fingerprint density at radius 3 is 2.67 bits per heavy atom. The maximum absolute atomic E-state index is 11.6. The van der Waals surface area contributed by atoms with Crippen LogP contribution in [0.1, 0.15) is 23.2 Å². The normalized spacial score (nSPS) is 15.9. The maximum atomic E-state index is 11.6. The number of nitrogens with one attached hydrogen (secondary N) is 1. The number of aromatic nitrogens is 1. The summed E-state index contributed by atoms with van der Waals surface area (Å²) in [4.78, 5) is 27.0. The van der Waals surface area contributed by atoms with Crippen LogP contribution in [0.4, 0.5) is 0 Å². The van der Waals surface area contributed by atoms with E-state index in [1.54, 1.807) is 24.4 Å². The number of fused-ring (bicyclic) bond motifs is 1. The van der Waals surface area contributed by atoms with Crippen molar-refractivity contribution in [1.29, 1.82) is 0 Å². The van der Waals surface area contributed by atoms with E-state index in [4.69, 9.17) is 9.47 Å². The van der Waals surface area contributed by atoms with Crippen LogP contribution in [0, 0.1) is 0 Å². The predicted molar refractivity (Wildman–Crippen MR) is 134 cm³/mol. The molecule has 0 bridgehead atoms. The lowest BCUT2D eigenvalue weighted by molar-refractivity contribution is -0.119. The van der Waals surface area contributed by atoms with E-state index in [0.29, 0.717) is 30.2 Å². The summed E-state index contributed by atoms with van der Waals surface area (Å²) in [6.07, 6.45) is 2.90. The number of ether oxygens (including phenoxy) is 2. The van der Waals surface area contributed by atoms with Crippen molar-refractivity contribution in [2.75, 3.05) is 13.7 Å². The molecule has 2 aromatic rings. The van der Waals surface area contributed by atoms with Gasteiger partial charge in [0.25, 0.3) is 0 Å². The molecule has 27 heavy (non-hydrogen) atoms. The molecule has 1 aromatic carbocycles. The highest BCUT2D eigenvalue weighted by atomic mass is 127. The Hall–Kier alpha value is -0.0900. The summed E-state index contributed by atoms with van der Waals surface area (Å²) in [7, 11) is 1.49. The number of methoxy groups -OCH3 is 1. The molecule has 1 aliphatic heterocycles. The third kappa shape index (κ3) is 7.03. The van der Waals surface area contributed by atoms with Gasteiger partial charge in [0.1, 0.15) is 12.3 Å². The summed E-state index contributed by atoms with van der Waals surface area (Å²) in [6.45, 7) is 0.355. The molecule has 1 amide bonds. The lowest BCUT2D eigenvalue weighted by Crippen LogP contribution is -2.31. The first kappa shape index (κ1) is 23.2. The van der Waals surface area contributed by atoms with Gasteiger partial charge in [-0.15, -0.1) is 12.6 Å². The van der Waals surface area contributed by atoms with E-state index >= 15 is 0 Å². The smallest absolute Gasteiger partial charge is 0.221 e. The van der Waals surface area contributed by atoms with Gasteiger partial charge in [0, 0.05) is 18.0 Å². The van der Waals surface area contributed by atoms with Gasteiger partial charge in [0.15, 0.2) is 0 Å². The van der Waals surface area contributed by atoms with Gasteiger partial charge in [-0.2, -0.15) is 0 Å².